The van der Waals surface area contributed by atoms with E-state index in [1.807, 2.05) is 24.5 Å². The van der Waals surface area contributed by atoms with Gasteiger partial charge in [-0.1, -0.05) is 18.5 Å². The SMILES string of the molecule is CCC(=O)Nc1cc(Cl)ccc1C(=O)NCCCn1cccc1. The van der Waals surface area contributed by atoms with Gasteiger partial charge in [-0.25, -0.2) is 0 Å². The Bertz CT molecular complexity index is 668. The van der Waals surface area contributed by atoms with Gasteiger partial charge in [-0.3, -0.25) is 9.59 Å². The van der Waals surface area contributed by atoms with Crippen molar-refractivity contribution in [3.8, 4) is 0 Å². The van der Waals surface area contributed by atoms with Crippen molar-refractivity contribution >= 4 is 29.1 Å². The van der Waals surface area contributed by atoms with Crippen LogP contribution in [0.25, 0.3) is 0 Å². The molecule has 0 aliphatic carbocycles. The molecule has 23 heavy (non-hydrogen) atoms. The molecule has 6 heteroatoms. The Labute approximate surface area is 140 Å². The number of hydrogen-bond donors (Lipinski definition) is 2. The standard InChI is InChI=1S/C17H20ClN3O2/c1-2-16(22)20-15-12-13(18)6-7-14(15)17(23)19-8-5-11-21-9-3-4-10-21/h3-4,6-7,9-10,12H,2,5,8,11H2,1H3,(H,19,23)(H,20,22). The maximum atomic E-state index is 12.3. The molecule has 2 aromatic rings. The molecule has 0 atom stereocenters. The number of nitrogens with zero attached hydrogens (tertiary/aromatic N) is 1. The molecule has 0 fully saturated rings. The molecule has 1 aromatic carbocycles. The third kappa shape index (κ3) is 5.14. The van der Waals surface area contributed by atoms with Gasteiger partial charge in [-0.05, 0) is 36.8 Å². The lowest BCUT2D eigenvalue weighted by molar-refractivity contribution is -0.115. The van der Waals surface area contributed by atoms with Crippen LogP contribution in [-0.2, 0) is 11.3 Å². The molecule has 0 spiro atoms. The van der Waals surface area contributed by atoms with Crippen LogP contribution >= 0.6 is 11.6 Å². The lowest BCUT2D eigenvalue weighted by Gasteiger charge is -2.12. The van der Waals surface area contributed by atoms with Crippen LogP contribution in [-0.4, -0.2) is 22.9 Å². The number of halogens is 1. The second kappa shape index (κ2) is 8.39. The first-order valence-electron chi connectivity index (χ1n) is 7.58. The molecule has 0 bridgehead atoms. The number of nitrogens with one attached hydrogen (secondary N) is 2. The highest BCUT2D eigenvalue weighted by Crippen LogP contribution is 2.21. The second-order valence-electron chi connectivity index (χ2n) is 5.12. The Morgan fingerprint density at radius 2 is 1.96 bits per heavy atom. The number of hydrogen-bond acceptors (Lipinski definition) is 2. The quantitative estimate of drug-likeness (QED) is 0.763. The monoisotopic (exact) mass is 333 g/mol. The summed E-state index contributed by atoms with van der Waals surface area (Å²) < 4.78 is 2.06. The normalized spacial score (nSPS) is 10.3. The van der Waals surface area contributed by atoms with Crippen molar-refractivity contribution in [2.24, 2.45) is 0 Å². The van der Waals surface area contributed by atoms with E-state index in [9.17, 15) is 9.59 Å². The largest absolute Gasteiger partial charge is 0.354 e. The number of aryl methyl sites for hydroxylation is 1. The summed E-state index contributed by atoms with van der Waals surface area (Å²) in [5, 5.41) is 6.04. The van der Waals surface area contributed by atoms with Crippen molar-refractivity contribution < 1.29 is 9.59 Å². The van der Waals surface area contributed by atoms with Gasteiger partial charge < -0.3 is 15.2 Å². The van der Waals surface area contributed by atoms with Crippen molar-refractivity contribution in [3.05, 3.63) is 53.3 Å². The summed E-state index contributed by atoms with van der Waals surface area (Å²) in [5.41, 5.74) is 0.851. The Balaban J connectivity index is 1.93. The number of rotatable bonds is 7. The van der Waals surface area contributed by atoms with E-state index >= 15 is 0 Å². The molecule has 5 nitrogen and oxygen atoms in total. The molecule has 2 rings (SSSR count). The predicted molar refractivity (Wildman–Crippen MR) is 91.8 cm³/mol. The molecule has 2 amide bonds. The molecule has 0 aliphatic rings. The van der Waals surface area contributed by atoms with Crippen LogP contribution in [0.5, 0.6) is 0 Å². The van der Waals surface area contributed by atoms with Gasteiger partial charge >= 0.3 is 0 Å². The summed E-state index contributed by atoms with van der Waals surface area (Å²) in [7, 11) is 0. The van der Waals surface area contributed by atoms with E-state index in [1.165, 1.54) is 0 Å². The van der Waals surface area contributed by atoms with Crippen LogP contribution in [0.1, 0.15) is 30.1 Å². The van der Waals surface area contributed by atoms with Gasteiger partial charge in [0.1, 0.15) is 0 Å². The number of aromatic nitrogens is 1. The van der Waals surface area contributed by atoms with Crippen LogP contribution in [0.4, 0.5) is 5.69 Å². The van der Waals surface area contributed by atoms with E-state index in [4.69, 9.17) is 11.6 Å². The molecular formula is C17H20ClN3O2. The fourth-order valence-corrected chi connectivity index (χ4v) is 2.31. The van der Waals surface area contributed by atoms with Crippen LogP contribution < -0.4 is 10.6 Å². The smallest absolute Gasteiger partial charge is 0.253 e. The zero-order valence-electron chi connectivity index (χ0n) is 13.0. The van der Waals surface area contributed by atoms with E-state index in [1.54, 1.807) is 25.1 Å². The minimum atomic E-state index is -0.222. The van der Waals surface area contributed by atoms with Crippen molar-refractivity contribution in [2.75, 3.05) is 11.9 Å². The fraction of sp³-hybridized carbons (Fsp3) is 0.294. The predicted octanol–water partition coefficient (Wildman–Crippen LogP) is 3.31. The van der Waals surface area contributed by atoms with Gasteiger partial charge in [0.2, 0.25) is 5.91 Å². The van der Waals surface area contributed by atoms with Gasteiger partial charge in [0.25, 0.3) is 5.91 Å². The highest BCUT2D eigenvalue weighted by Gasteiger charge is 2.13. The molecule has 1 heterocycles. The maximum absolute atomic E-state index is 12.3. The first kappa shape index (κ1) is 17.1. The minimum absolute atomic E-state index is 0.158. The van der Waals surface area contributed by atoms with Crippen LogP contribution in [0, 0.1) is 0 Å². The third-order valence-electron chi connectivity index (χ3n) is 3.37. The number of anilines is 1. The second-order valence-corrected chi connectivity index (χ2v) is 5.56. The highest BCUT2D eigenvalue weighted by atomic mass is 35.5. The minimum Gasteiger partial charge on any atom is -0.354 e. The zero-order chi connectivity index (χ0) is 16.7. The number of amides is 2. The summed E-state index contributed by atoms with van der Waals surface area (Å²) >= 11 is 5.95. The summed E-state index contributed by atoms with van der Waals surface area (Å²) in [6.07, 6.45) is 5.13. The summed E-state index contributed by atoms with van der Waals surface area (Å²) in [6, 6.07) is 8.78. The molecule has 0 unspecified atom stereocenters. The fourth-order valence-electron chi connectivity index (χ4n) is 2.13. The molecule has 0 saturated heterocycles. The number of carbonyl (C=O) groups excluding carboxylic acids is 2. The van der Waals surface area contributed by atoms with E-state index in [0.717, 1.165) is 13.0 Å². The van der Waals surface area contributed by atoms with Crippen molar-refractivity contribution in [1.29, 1.82) is 0 Å². The molecule has 1 aromatic heterocycles. The Kier molecular flexibility index (Phi) is 6.23. The van der Waals surface area contributed by atoms with Crippen LogP contribution in [0.2, 0.25) is 5.02 Å². The molecule has 2 N–H and O–H groups in total. The van der Waals surface area contributed by atoms with Crippen LogP contribution in [0.15, 0.2) is 42.7 Å². The zero-order valence-corrected chi connectivity index (χ0v) is 13.8. The average molecular weight is 334 g/mol. The Morgan fingerprint density at radius 3 is 2.65 bits per heavy atom. The lowest BCUT2D eigenvalue weighted by atomic mass is 10.1. The average Bonchev–Trinajstić information content (AvgIpc) is 3.04. The van der Waals surface area contributed by atoms with Crippen molar-refractivity contribution in [2.45, 2.75) is 26.3 Å². The maximum Gasteiger partial charge on any atom is 0.253 e. The van der Waals surface area contributed by atoms with Gasteiger partial charge in [0.15, 0.2) is 0 Å². The van der Waals surface area contributed by atoms with Crippen LogP contribution in [0.3, 0.4) is 0 Å². The first-order valence-corrected chi connectivity index (χ1v) is 7.96. The molecule has 0 radical (unpaired) electrons. The van der Waals surface area contributed by atoms with Gasteiger partial charge in [0, 0.05) is 36.9 Å². The Morgan fingerprint density at radius 1 is 1.22 bits per heavy atom. The first-order chi connectivity index (χ1) is 11.1. The number of carbonyl (C=O) groups is 2. The van der Waals surface area contributed by atoms with E-state index in [2.05, 4.69) is 15.2 Å². The molecule has 0 saturated carbocycles. The molecule has 122 valence electrons. The highest BCUT2D eigenvalue weighted by molar-refractivity contribution is 6.31. The lowest BCUT2D eigenvalue weighted by Crippen LogP contribution is -2.26. The van der Waals surface area contributed by atoms with Crippen molar-refractivity contribution in [3.63, 3.8) is 0 Å². The van der Waals surface area contributed by atoms with E-state index in [0.29, 0.717) is 29.2 Å². The van der Waals surface area contributed by atoms with Gasteiger partial charge in [0.05, 0.1) is 11.3 Å². The summed E-state index contributed by atoms with van der Waals surface area (Å²) in [4.78, 5) is 23.9. The van der Waals surface area contributed by atoms with E-state index < -0.39 is 0 Å². The topological polar surface area (TPSA) is 63.1 Å². The van der Waals surface area contributed by atoms with Crippen molar-refractivity contribution in [1.82, 2.24) is 9.88 Å². The molecular weight excluding hydrogens is 314 g/mol. The van der Waals surface area contributed by atoms with E-state index in [-0.39, 0.29) is 11.8 Å². The van der Waals surface area contributed by atoms with Gasteiger partial charge in [-0.15, -0.1) is 0 Å². The third-order valence-corrected chi connectivity index (χ3v) is 3.60. The number of benzene rings is 1. The molecule has 0 aliphatic heterocycles. The van der Waals surface area contributed by atoms with Gasteiger partial charge in [-0.2, -0.15) is 0 Å². The summed E-state index contributed by atoms with van der Waals surface area (Å²) in [6.45, 7) is 3.15. The summed E-state index contributed by atoms with van der Waals surface area (Å²) in [5.74, 6) is -0.380. The Hall–Kier alpha value is -2.27.